The van der Waals surface area contributed by atoms with Gasteiger partial charge in [-0.05, 0) is 11.6 Å². The highest BCUT2D eigenvalue weighted by Crippen LogP contribution is 2.19. The molecule has 0 unspecified atom stereocenters. The summed E-state index contributed by atoms with van der Waals surface area (Å²) >= 11 is 0. The number of pyridine rings is 2. The highest BCUT2D eigenvalue weighted by atomic mass is 16.6. The Morgan fingerprint density at radius 3 is 2.29 bits per heavy atom. The molecule has 7 nitrogen and oxygen atoms in total. The normalized spacial score (nSPS) is 10.7. The van der Waals surface area contributed by atoms with E-state index >= 15 is 0 Å². The molecule has 2 heterocycles. The van der Waals surface area contributed by atoms with Gasteiger partial charge in [-0.2, -0.15) is 0 Å². The van der Waals surface area contributed by atoms with Crippen LogP contribution in [0.1, 0.15) is 0 Å². The van der Waals surface area contributed by atoms with Crippen LogP contribution in [0.4, 0.5) is 5.69 Å². The van der Waals surface area contributed by atoms with Crippen molar-refractivity contribution in [1.29, 1.82) is 0 Å². The summed E-state index contributed by atoms with van der Waals surface area (Å²) in [5, 5.41) is 11.2. The van der Waals surface area contributed by atoms with Crippen LogP contribution in [-0.4, -0.2) is 14.9 Å². The quantitative estimate of drug-likeness (QED) is 0.552. The van der Waals surface area contributed by atoms with Crippen molar-refractivity contribution < 1.29 is 4.92 Å². The molecule has 104 valence electrons. The third-order valence-electron chi connectivity index (χ3n) is 3.12. The number of nitrogens with zero attached hydrogens (tertiary/aromatic N) is 1. The van der Waals surface area contributed by atoms with Gasteiger partial charge in [0.15, 0.2) is 0 Å². The Kier molecular flexibility index (Phi) is 2.87. The van der Waals surface area contributed by atoms with E-state index < -0.39 is 16.2 Å². The van der Waals surface area contributed by atoms with Crippen LogP contribution in [0.25, 0.3) is 22.2 Å². The Balaban J connectivity index is 2.32. The van der Waals surface area contributed by atoms with Crippen LogP contribution < -0.4 is 11.1 Å². The molecular formula is C14H9N3O4. The number of nitrogens with one attached hydrogen (secondary N) is 2. The lowest BCUT2D eigenvalue weighted by molar-refractivity contribution is -0.386. The van der Waals surface area contributed by atoms with E-state index in [0.717, 1.165) is 6.07 Å². The van der Waals surface area contributed by atoms with Gasteiger partial charge in [0.25, 0.3) is 5.56 Å². The third-order valence-corrected chi connectivity index (χ3v) is 3.12. The summed E-state index contributed by atoms with van der Waals surface area (Å²) in [6.45, 7) is 0. The second-order valence-electron chi connectivity index (χ2n) is 4.45. The lowest BCUT2D eigenvalue weighted by Gasteiger charge is -2.03. The molecule has 7 heteroatoms. The number of rotatable bonds is 2. The predicted molar refractivity (Wildman–Crippen MR) is 77.3 cm³/mol. The first-order valence-corrected chi connectivity index (χ1v) is 6.06. The summed E-state index contributed by atoms with van der Waals surface area (Å²) in [6, 6.07) is 11.6. The van der Waals surface area contributed by atoms with E-state index in [-0.39, 0.29) is 11.2 Å². The Morgan fingerprint density at radius 2 is 1.62 bits per heavy atom. The molecule has 0 saturated carbocycles. The molecule has 0 aliphatic rings. The number of aromatic amines is 2. The first-order chi connectivity index (χ1) is 10.1. The maximum atomic E-state index is 12.1. The van der Waals surface area contributed by atoms with Crippen molar-refractivity contribution in [2.24, 2.45) is 0 Å². The van der Waals surface area contributed by atoms with Gasteiger partial charge in [-0.1, -0.05) is 30.3 Å². The maximum Gasteiger partial charge on any atom is 0.334 e. The predicted octanol–water partition coefficient (Wildman–Crippen LogP) is 1.79. The first kappa shape index (κ1) is 12.8. The van der Waals surface area contributed by atoms with Gasteiger partial charge in [0.2, 0.25) is 0 Å². The molecule has 2 aromatic heterocycles. The molecule has 0 fully saturated rings. The molecule has 0 aliphatic heterocycles. The van der Waals surface area contributed by atoms with E-state index in [1.807, 2.05) is 6.07 Å². The SMILES string of the molecule is O=c1[nH]c2[nH]c(=O)c([N+](=O)[O-])cc2cc1-c1ccccc1. The van der Waals surface area contributed by atoms with Crippen molar-refractivity contribution in [3.8, 4) is 11.1 Å². The molecule has 0 bridgehead atoms. The summed E-state index contributed by atoms with van der Waals surface area (Å²) in [4.78, 5) is 38.5. The molecule has 2 N–H and O–H groups in total. The molecule has 0 amide bonds. The lowest BCUT2D eigenvalue weighted by atomic mass is 10.1. The number of fused-ring (bicyclic) bond motifs is 1. The van der Waals surface area contributed by atoms with E-state index in [4.69, 9.17) is 0 Å². The zero-order chi connectivity index (χ0) is 15.0. The molecule has 21 heavy (non-hydrogen) atoms. The van der Waals surface area contributed by atoms with E-state index in [9.17, 15) is 19.7 Å². The fourth-order valence-corrected chi connectivity index (χ4v) is 2.12. The van der Waals surface area contributed by atoms with Gasteiger partial charge in [-0.3, -0.25) is 19.7 Å². The zero-order valence-corrected chi connectivity index (χ0v) is 10.6. The number of benzene rings is 1. The fraction of sp³-hybridized carbons (Fsp3) is 0. The smallest absolute Gasteiger partial charge is 0.308 e. The van der Waals surface area contributed by atoms with E-state index in [0.29, 0.717) is 16.5 Å². The first-order valence-electron chi connectivity index (χ1n) is 6.06. The Morgan fingerprint density at radius 1 is 0.952 bits per heavy atom. The van der Waals surface area contributed by atoms with E-state index in [1.54, 1.807) is 24.3 Å². The molecule has 0 radical (unpaired) electrons. The molecule has 1 aromatic carbocycles. The van der Waals surface area contributed by atoms with Crippen molar-refractivity contribution in [2.75, 3.05) is 0 Å². The second-order valence-corrected chi connectivity index (χ2v) is 4.45. The summed E-state index contributed by atoms with van der Waals surface area (Å²) in [5.41, 5.74) is -0.559. The highest BCUT2D eigenvalue weighted by Gasteiger charge is 2.15. The number of aromatic nitrogens is 2. The average Bonchev–Trinajstić information content (AvgIpc) is 2.46. The number of hydrogen-bond acceptors (Lipinski definition) is 4. The minimum Gasteiger partial charge on any atom is -0.308 e. The monoisotopic (exact) mass is 283 g/mol. The Bertz CT molecular complexity index is 957. The highest BCUT2D eigenvalue weighted by molar-refractivity contribution is 5.82. The third kappa shape index (κ3) is 2.20. The van der Waals surface area contributed by atoms with Crippen LogP contribution in [0.3, 0.4) is 0 Å². The standard InChI is InChI=1S/C14H9N3O4/c18-13-10(8-4-2-1-3-5-8)6-9-7-11(17(20)21)14(19)16-12(9)15-13/h1-7H,(H2,15,16,18,19). The van der Waals surface area contributed by atoms with Gasteiger partial charge < -0.3 is 9.97 Å². The van der Waals surface area contributed by atoms with Gasteiger partial charge in [0, 0.05) is 17.0 Å². The molecule has 0 atom stereocenters. The summed E-state index contributed by atoms with van der Waals surface area (Å²) in [7, 11) is 0. The molecule has 0 saturated heterocycles. The van der Waals surface area contributed by atoms with Crippen LogP contribution in [0.5, 0.6) is 0 Å². The fourth-order valence-electron chi connectivity index (χ4n) is 2.12. The lowest BCUT2D eigenvalue weighted by Crippen LogP contribution is -2.15. The van der Waals surface area contributed by atoms with Crippen molar-refractivity contribution in [3.05, 3.63) is 73.3 Å². The Labute approximate surface area is 117 Å². The zero-order valence-electron chi connectivity index (χ0n) is 10.6. The molecule has 0 spiro atoms. The molecular weight excluding hydrogens is 274 g/mol. The van der Waals surface area contributed by atoms with E-state index in [2.05, 4.69) is 9.97 Å². The number of nitro groups is 1. The van der Waals surface area contributed by atoms with Crippen molar-refractivity contribution in [1.82, 2.24) is 9.97 Å². The van der Waals surface area contributed by atoms with Crippen molar-refractivity contribution in [2.45, 2.75) is 0 Å². The maximum absolute atomic E-state index is 12.1. The molecule has 3 rings (SSSR count). The summed E-state index contributed by atoms with van der Waals surface area (Å²) in [6.07, 6.45) is 0. The summed E-state index contributed by atoms with van der Waals surface area (Å²) < 4.78 is 0. The van der Waals surface area contributed by atoms with Crippen molar-refractivity contribution in [3.63, 3.8) is 0 Å². The van der Waals surface area contributed by atoms with Gasteiger partial charge in [-0.15, -0.1) is 0 Å². The topological polar surface area (TPSA) is 109 Å². The van der Waals surface area contributed by atoms with E-state index in [1.165, 1.54) is 6.07 Å². The number of hydrogen-bond donors (Lipinski definition) is 2. The Hall–Kier alpha value is -3.22. The van der Waals surface area contributed by atoms with Crippen LogP contribution in [0.2, 0.25) is 0 Å². The molecule has 3 aromatic rings. The van der Waals surface area contributed by atoms with Gasteiger partial charge >= 0.3 is 11.2 Å². The summed E-state index contributed by atoms with van der Waals surface area (Å²) in [5.74, 6) is 0. The average molecular weight is 283 g/mol. The molecule has 0 aliphatic carbocycles. The van der Waals surface area contributed by atoms with Gasteiger partial charge in [-0.25, -0.2) is 0 Å². The van der Waals surface area contributed by atoms with Gasteiger partial charge in [0.1, 0.15) is 5.65 Å². The van der Waals surface area contributed by atoms with Crippen LogP contribution in [-0.2, 0) is 0 Å². The largest absolute Gasteiger partial charge is 0.334 e. The minimum atomic E-state index is -0.851. The van der Waals surface area contributed by atoms with Crippen LogP contribution >= 0.6 is 0 Å². The number of H-pyrrole nitrogens is 2. The van der Waals surface area contributed by atoms with Gasteiger partial charge in [0.05, 0.1) is 4.92 Å². The second kappa shape index (κ2) is 4.71. The van der Waals surface area contributed by atoms with Crippen LogP contribution in [0.15, 0.2) is 52.1 Å². The minimum absolute atomic E-state index is 0.162. The van der Waals surface area contributed by atoms with Crippen LogP contribution in [0, 0.1) is 10.1 Å². The van der Waals surface area contributed by atoms with Crippen molar-refractivity contribution >= 4 is 16.7 Å².